The number of amides is 2. The highest BCUT2D eigenvalue weighted by Crippen LogP contribution is 1.95. The maximum Gasteiger partial charge on any atom is 0.326 e. The molecule has 0 spiro atoms. The fourth-order valence-corrected chi connectivity index (χ4v) is 1.28. The van der Waals surface area contributed by atoms with E-state index in [1.54, 1.807) is 7.11 Å². The quantitative estimate of drug-likeness (QED) is 0.342. The van der Waals surface area contributed by atoms with Crippen LogP contribution in [-0.4, -0.2) is 69.7 Å². The van der Waals surface area contributed by atoms with E-state index in [0.717, 1.165) is 7.11 Å². The van der Waals surface area contributed by atoms with Crippen molar-refractivity contribution < 1.29 is 33.7 Å². The van der Waals surface area contributed by atoms with Gasteiger partial charge in [-0.15, -0.1) is 0 Å². The van der Waals surface area contributed by atoms with E-state index < -0.39 is 30.4 Å². The number of hydrogen-bond acceptors (Lipinski definition) is 6. The number of esters is 1. The van der Waals surface area contributed by atoms with Gasteiger partial charge in [-0.25, -0.2) is 9.59 Å². The third-order valence-electron chi connectivity index (χ3n) is 2.38. The Morgan fingerprint density at radius 1 is 1.14 bits per heavy atom. The normalized spacial score (nSPS) is 11.5. The Labute approximate surface area is 122 Å². The van der Waals surface area contributed by atoms with Crippen LogP contribution < -0.4 is 10.6 Å². The number of carbonyl (C=O) groups excluding carboxylic acids is 2. The Balaban J connectivity index is 3.83. The molecule has 0 aromatic rings. The highest BCUT2D eigenvalue weighted by molar-refractivity contribution is 5.86. The van der Waals surface area contributed by atoms with E-state index in [4.69, 9.17) is 14.6 Å². The molecule has 0 aromatic carbocycles. The molecule has 0 heterocycles. The van der Waals surface area contributed by atoms with Crippen molar-refractivity contribution in [3.05, 3.63) is 0 Å². The first-order chi connectivity index (χ1) is 10.0. The highest BCUT2D eigenvalue weighted by Gasteiger charge is 2.23. The first-order valence-electron chi connectivity index (χ1n) is 6.42. The van der Waals surface area contributed by atoms with E-state index in [-0.39, 0.29) is 0 Å². The molecule has 9 heteroatoms. The Morgan fingerprint density at radius 2 is 1.86 bits per heavy atom. The van der Waals surface area contributed by atoms with Crippen LogP contribution in [0.5, 0.6) is 0 Å². The minimum Gasteiger partial charge on any atom is -0.480 e. The number of methoxy groups -OCH3 is 2. The molecule has 0 unspecified atom stereocenters. The zero-order valence-electron chi connectivity index (χ0n) is 12.2. The predicted molar refractivity (Wildman–Crippen MR) is 71.9 cm³/mol. The average Bonchev–Trinajstić information content (AvgIpc) is 2.45. The Hall–Kier alpha value is -1.87. The summed E-state index contributed by atoms with van der Waals surface area (Å²) in [6.45, 7) is 1.75. The van der Waals surface area contributed by atoms with Gasteiger partial charge in [-0.2, -0.15) is 0 Å². The lowest BCUT2D eigenvalue weighted by Crippen LogP contribution is -2.47. The summed E-state index contributed by atoms with van der Waals surface area (Å²) >= 11 is 0. The van der Waals surface area contributed by atoms with Gasteiger partial charge in [0.2, 0.25) is 0 Å². The van der Waals surface area contributed by atoms with Crippen LogP contribution in [-0.2, 0) is 23.8 Å². The number of aliphatic carboxylic acids is 1. The van der Waals surface area contributed by atoms with Gasteiger partial charge in [0, 0.05) is 20.3 Å². The SMILES string of the molecule is COCCOCCCNC(=O)N[C@@H](CC(=O)OC)C(=O)O. The van der Waals surface area contributed by atoms with Crippen LogP contribution in [0.25, 0.3) is 0 Å². The molecular weight excluding hydrogens is 284 g/mol. The lowest BCUT2D eigenvalue weighted by atomic mass is 10.2. The van der Waals surface area contributed by atoms with E-state index in [0.29, 0.717) is 32.8 Å². The van der Waals surface area contributed by atoms with Crippen LogP contribution in [0.4, 0.5) is 4.79 Å². The number of ether oxygens (including phenoxy) is 3. The third-order valence-corrected chi connectivity index (χ3v) is 2.38. The van der Waals surface area contributed by atoms with Gasteiger partial charge in [-0.05, 0) is 6.42 Å². The van der Waals surface area contributed by atoms with E-state index >= 15 is 0 Å². The van der Waals surface area contributed by atoms with Crippen LogP contribution in [0, 0.1) is 0 Å². The molecule has 0 aliphatic heterocycles. The Morgan fingerprint density at radius 3 is 2.43 bits per heavy atom. The summed E-state index contributed by atoms with van der Waals surface area (Å²) in [6, 6.07) is -1.99. The van der Waals surface area contributed by atoms with Gasteiger partial charge in [-0.1, -0.05) is 0 Å². The highest BCUT2D eigenvalue weighted by atomic mass is 16.5. The maximum atomic E-state index is 11.5. The first kappa shape index (κ1) is 19.1. The van der Waals surface area contributed by atoms with Crippen LogP contribution in [0.3, 0.4) is 0 Å². The molecule has 0 saturated heterocycles. The molecule has 0 aliphatic carbocycles. The van der Waals surface area contributed by atoms with Gasteiger partial charge < -0.3 is 30.0 Å². The summed E-state index contributed by atoms with van der Waals surface area (Å²) in [4.78, 5) is 33.4. The number of carboxylic acids is 1. The van der Waals surface area contributed by atoms with Crippen molar-refractivity contribution in [3.8, 4) is 0 Å². The van der Waals surface area contributed by atoms with E-state index in [1.807, 2.05) is 0 Å². The number of carbonyl (C=O) groups is 3. The minimum atomic E-state index is -1.32. The van der Waals surface area contributed by atoms with E-state index in [2.05, 4.69) is 15.4 Å². The largest absolute Gasteiger partial charge is 0.480 e. The molecule has 2 amide bonds. The van der Waals surface area contributed by atoms with Gasteiger partial charge in [0.15, 0.2) is 0 Å². The van der Waals surface area contributed by atoms with Crippen LogP contribution >= 0.6 is 0 Å². The fourth-order valence-electron chi connectivity index (χ4n) is 1.28. The predicted octanol–water partition coefficient (Wildman–Crippen LogP) is -0.645. The second-order valence-electron chi connectivity index (χ2n) is 4.03. The first-order valence-corrected chi connectivity index (χ1v) is 6.42. The molecule has 9 nitrogen and oxygen atoms in total. The second-order valence-corrected chi connectivity index (χ2v) is 4.03. The van der Waals surface area contributed by atoms with Crippen molar-refractivity contribution in [1.82, 2.24) is 10.6 Å². The summed E-state index contributed by atoms with van der Waals surface area (Å²) in [6.07, 6.45) is 0.144. The van der Waals surface area contributed by atoms with Crippen LogP contribution in [0.1, 0.15) is 12.8 Å². The van der Waals surface area contributed by atoms with Gasteiger partial charge in [0.05, 0.1) is 26.7 Å². The molecule has 3 N–H and O–H groups in total. The van der Waals surface area contributed by atoms with Crippen molar-refractivity contribution >= 4 is 18.0 Å². The zero-order chi connectivity index (χ0) is 16.1. The maximum absolute atomic E-state index is 11.5. The third kappa shape index (κ3) is 10.6. The number of hydrogen-bond donors (Lipinski definition) is 3. The summed E-state index contributed by atoms with van der Waals surface area (Å²) in [5.41, 5.74) is 0. The molecule has 0 radical (unpaired) electrons. The summed E-state index contributed by atoms with van der Waals surface area (Å²) < 4.78 is 14.3. The number of carboxylic acid groups (broad SMARTS) is 1. The molecule has 122 valence electrons. The van der Waals surface area contributed by atoms with Crippen molar-refractivity contribution in [3.63, 3.8) is 0 Å². The molecule has 0 fully saturated rings. The standard InChI is InChI=1S/C12H22N2O7/c1-19-6-7-21-5-3-4-13-12(18)14-9(11(16)17)8-10(15)20-2/h9H,3-8H2,1-2H3,(H,16,17)(H2,13,14,18)/t9-/m0/s1. The van der Waals surface area contributed by atoms with Gasteiger partial charge in [0.1, 0.15) is 6.04 Å². The van der Waals surface area contributed by atoms with Crippen LogP contribution in [0.2, 0.25) is 0 Å². The second kappa shape index (κ2) is 11.9. The Kier molecular flexibility index (Phi) is 10.9. The van der Waals surface area contributed by atoms with Crippen molar-refractivity contribution in [1.29, 1.82) is 0 Å². The minimum absolute atomic E-state index is 0.323. The zero-order valence-corrected chi connectivity index (χ0v) is 12.2. The van der Waals surface area contributed by atoms with E-state index in [1.165, 1.54) is 0 Å². The van der Waals surface area contributed by atoms with E-state index in [9.17, 15) is 14.4 Å². The molecule has 0 rings (SSSR count). The summed E-state index contributed by atoms with van der Waals surface area (Å²) in [5.74, 6) is -2.02. The topological polar surface area (TPSA) is 123 Å². The number of urea groups is 1. The van der Waals surface area contributed by atoms with Crippen LogP contribution in [0.15, 0.2) is 0 Å². The van der Waals surface area contributed by atoms with Crippen molar-refractivity contribution in [2.24, 2.45) is 0 Å². The van der Waals surface area contributed by atoms with Gasteiger partial charge in [0.25, 0.3) is 0 Å². The number of rotatable bonds is 11. The monoisotopic (exact) mass is 306 g/mol. The average molecular weight is 306 g/mol. The lowest BCUT2D eigenvalue weighted by molar-refractivity contribution is -0.147. The molecule has 0 bridgehead atoms. The summed E-state index contributed by atoms with van der Waals surface area (Å²) in [7, 11) is 2.72. The van der Waals surface area contributed by atoms with Crippen molar-refractivity contribution in [2.45, 2.75) is 18.9 Å². The molecule has 1 atom stereocenters. The summed E-state index contributed by atoms with van der Waals surface area (Å²) in [5, 5.41) is 13.5. The molecule has 0 aromatic heterocycles. The fraction of sp³-hybridized carbons (Fsp3) is 0.750. The lowest BCUT2D eigenvalue weighted by Gasteiger charge is -2.14. The molecule has 0 aliphatic rings. The molecule has 0 saturated carbocycles. The number of nitrogens with one attached hydrogen (secondary N) is 2. The van der Waals surface area contributed by atoms with Gasteiger partial charge in [-0.3, -0.25) is 4.79 Å². The smallest absolute Gasteiger partial charge is 0.326 e. The molecule has 21 heavy (non-hydrogen) atoms. The Bertz CT molecular complexity index is 336. The van der Waals surface area contributed by atoms with Gasteiger partial charge >= 0.3 is 18.0 Å². The van der Waals surface area contributed by atoms with Crippen molar-refractivity contribution in [2.75, 3.05) is 40.6 Å². The molecular formula is C12H22N2O7.